The van der Waals surface area contributed by atoms with Crippen LogP contribution in [0.4, 0.5) is 0 Å². The molecule has 2 saturated carbocycles. The van der Waals surface area contributed by atoms with Gasteiger partial charge in [0, 0.05) is 12.2 Å². The summed E-state index contributed by atoms with van der Waals surface area (Å²) in [6.45, 7) is 0.493. The third kappa shape index (κ3) is 3.06. The number of nitrogens with zero attached hydrogens (tertiary/aromatic N) is 2. The standard InChI is InChI=1S/C16H20N2O3/c19-15(13-5-3-6-14(13)16(20)21)18(12-7-8-12)10-11-4-1-2-9-17-11/h1-2,4,9,12-14H,3,5-8,10H2,(H,20,21). The number of hydrogen-bond donors (Lipinski definition) is 1. The van der Waals surface area contributed by atoms with Crippen LogP contribution in [0.5, 0.6) is 0 Å². The Kier molecular flexibility index (Phi) is 3.90. The highest BCUT2D eigenvalue weighted by atomic mass is 16.4. The van der Waals surface area contributed by atoms with E-state index in [0.29, 0.717) is 19.4 Å². The van der Waals surface area contributed by atoms with Crippen LogP contribution in [-0.4, -0.2) is 32.9 Å². The molecule has 5 heteroatoms. The summed E-state index contributed by atoms with van der Waals surface area (Å²) in [4.78, 5) is 30.2. The van der Waals surface area contributed by atoms with Gasteiger partial charge in [-0.25, -0.2) is 0 Å². The molecule has 3 rings (SSSR count). The lowest BCUT2D eigenvalue weighted by Crippen LogP contribution is -2.40. The summed E-state index contributed by atoms with van der Waals surface area (Å²) in [5.74, 6) is -1.69. The zero-order valence-electron chi connectivity index (χ0n) is 11.9. The molecule has 2 aliphatic rings. The second kappa shape index (κ2) is 5.84. The van der Waals surface area contributed by atoms with Crippen LogP contribution in [-0.2, 0) is 16.1 Å². The predicted molar refractivity (Wildman–Crippen MR) is 76.3 cm³/mol. The molecule has 1 aromatic rings. The lowest BCUT2D eigenvalue weighted by Gasteiger charge is -2.27. The van der Waals surface area contributed by atoms with Gasteiger partial charge in [-0.1, -0.05) is 12.5 Å². The molecule has 1 amide bonds. The quantitative estimate of drug-likeness (QED) is 0.900. The Morgan fingerprint density at radius 2 is 1.95 bits per heavy atom. The second-order valence-electron chi connectivity index (χ2n) is 6.00. The maximum Gasteiger partial charge on any atom is 0.307 e. The zero-order valence-corrected chi connectivity index (χ0v) is 11.9. The topological polar surface area (TPSA) is 70.5 Å². The smallest absolute Gasteiger partial charge is 0.307 e. The van der Waals surface area contributed by atoms with Gasteiger partial charge in [0.1, 0.15) is 0 Å². The molecule has 0 bridgehead atoms. The van der Waals surface area contributed by atoms with Gasteiger partial charge < -0.3 is 10.0 Å². The normalized spacial score (nSPS) is 24.8. The average Bonchev–Trinajstić information content (AvgIpc) is 3.20. The van der Waals surface area contributed by atoms with Crippen molar-refractivity contribution >= 4 is 11.9 Å². The van der Waals surface area contributed by atoms with Crippen molar-refractivity contribution in [3.63, 3.8) is 0 Å². The fourth-order valence-electron chi connectivity index (χ4n) is 3.20. The third-order valence-electron chi connectivity index (χ3n) is 4.48. The molecule has 0 aliphatic heterocycles. The van der Waals surface area contributed by atoms with Crippen molar-refractivity contribution in [3.05, 3.63) is 30.1 Å². The minimum Gasteiger partial charge on any atom is -0.481 e. The van der Waals surface area contributed by atoms with Crippen molar-refractivity contribution in [1.82, 2.24) is 9.88 Å². The summed E-state index contributed by atoms with van der Waals surface area (Å²) in [5, 5.41) is 9.28. The summed E-state index contributed by atoms with van der Waals surface area (Å²) in [5.41, 5.74) is 0.864. The second-order valence-corrected chi connectivity index (χ2v) is 6.00. The van der Waals surface area contributed by atoms with Gasteiger partial charge in [0.25, 0.3) is 0 Å². The van der Waals surface area contributed by atoms with Crippen LogP contribution in [0.2, 0.25) is 0 Å². The molecule has 0 saturated heterocycles. The van der Waals surface area contributed by atoms with Crippen molar-refractivity contribution in [2.75, 3.05) is 0 Å². The van der Waals surface area contributed by atoms with Crippen molar-refractivity contribution in [1.29, 1.82) is 0 Å². The minimum absolute atomic E-state index is 0.00746. The van der Waals surface area contributed by atoms with E-state index in [9.17, 15) is 14.7 Å². The van der Waals surface area contributed by atoms with E-state index in [0.717, 1.165) is 25.0 Å². The molecule has 0 spiro atoms. The van der Waals surface area contributed by atoms with Gasteiger partial charge in [-0.3, -0.25) is 14.6 Å². The number of aromatic nitrogens is 1. The molecule has 1 heterocycles. The first kappa shape index (κ1) is 14.0. The maximum atomic E-state index is 12.8. The largest absolute Gasteiger partial charge is 0.481 e. The number of pyridine rings is 1. The molecule has 21 heavy (non-hydrogen) atoms. The Bertz CT molecular complexity index is 528. The summed E-state index contributed by atoms with van der Waals surface area (Å²) >= 11 is 0. The SMILES string of the molecule is O=C(O)C1CCCC1C(=O)N(Cc1ccccn1)C1CC1. The molecule has 5 nitrogen and oxygen atoms in total. The van der Waals surface area contributed by atoms with Gasteiger partial charge >= 0.3 is 5.97 Å². The number of aliphatic carboxylic acids is 1. The zero-order chi connectivity index (χ0) is 14.8. The predicted octanol–water partition coefficient (Wildman–Crippen LogP) is 2.07. The van der Waals surface area contributed by atoms with Crippen LogP contribution in [0.25, 0.3) is 0 Å². The van der Waals surface area contributed by atoms with Gasteiger partial charge in [-0.05, 0) is 37.8 Å². The number of rotatable bonds is 5. The monoisotopic (exact) mass is 288 g/mol. The van der Waals surface area contributed by atoms with Gasteiger partial charge in [0.15, 0.2) is 0 Å². The van der Waals surface area contributed by atoms with E-state index in [-0.39, 0.29) is 17.9 Å². The molecule has 2 atom stereocenters. The molecule has 0 aromatic carbocycles. The summed E-state index contributed by atoms with van der Waals surface area (Å²) in [6, 6.07) is 5.94. The van der Waals surface area contributed by atoms with E-state index in [1.54, 1.807) is 6.20 Å². The van der Waals surface area contributed by atoms with Gasteiger partial charge in [-0.15, -0.1) is 0 Å². The van der Waals surface area contributed by atoms with Crippen molar-refractivity contribution < 1.29 is 14.7 Å². The Morgan fingerprint density at radius 1 is 1.19 bits per heavy atom. The summed E-state index contributed by atoms with van der Waals surface area (Å²) in [6.07, 6.45) is 5.90. The van der Waals surface area contributed by atoms with Crippen LogP contribution in [0, 0.1) is 11.8 Å². The molecule has 2 unspecified atom stereocenters. The Labute approximate surface area is 124 Å². The Balaban J connectivity index is 1.74. The number of carboxylic acid groups (broad SMARTS) is 1. The van der Waals surface area contributed by atoms with Gasteiger partial charge in [0.2, 0.25) is 5.91 Å². The highest BCUT2D eigenvalue weighted by Gasteiger charge is 2.43. The van der Waals surface area contributed by atoms with Gasteiger partial charge in [-0.2, -0.15) is 0 Å². The van der Waals surface area contributed by atoms with E-state index in [2.05, 4.69) is 4.98 Å². The first-order valence-corrected chi connectivity index (χ1v) is 7.60. The first-order chi connectivity index (χ1) is 10.2. The first-order valence-electron chi connectivity index (χ1n) is 7.60. The van der Waals surface area contributed by atoms with E-state index in [1.807, 2.05) is 23.1 Å². The van der Waals surface area contributed by atoms with Crippen molar-refractivity contribution in [3.8, 4) is 0 Å². The van der Waals surface area contributed by atoms with E-state index in [1.165, 1.54) is 0 Å². The number of carbonyl (C=O) groups is 2. The highest BCUT2D eigenvalue weighted by Crippen LogP contribution is 2.37. The Hall–Kier alpha value is -1.91. The van der Waals surface area contributed by atoms with Crippen LogP contribution < -0.4 is 0 Å². The lowest BCUT2D eigenvalue weighted by atomic mass is 9.94. The molecule has 1 aromatic heterocycles. The summed E-state index contributed by atoms with van der Waals surface area (Å²) in [7, 11) is 0. The van der Waals surface area contributed by atoms with Crippen molar-refractivity contribution in [2.24, 2.45) is 11.8 Å². The number of hydrogen-bond acceptors (Lipinski definition) is 3. The fraction of sp³-hybridized carbons (Fsp3) is 0.562. The molecular weight excluding hydrogens is 268 g/mol. The number of carboxylic acids is 1. The average molecular weight is 288 g/mol. The molecular formula is C16H20N2O3. The molecule has 2 aliphatic carbocycles. The maximum absolute atomic E-state index is 12.8. The number of carbonyl (C=O) groups excluding carboxylic acids is 1. The summed E-state index contributed by atoms with van der Waals surface area (Å²) < 4.78 is 0. The lowest BCUT2D eigenvalue weighted by molar-refractivity contribution is -0.149. The van der Waals surface area contributed by atoms with Crippen LogP contribution in [0.3, 0.4) is 0 Å². The third-order valence-corrected chi connectivity index (χ3v) is 4.48. The molecule has 112 valence electrons. The molecule has 0 radical (unpaired) electrons. The molecule has 2 fully saturated rings. The molecule has 1 N–H and O–H groups in total. The van der Waals surface area contributed by atoms with E-state index in [4.69, 9.17) is 0 Å². The Morgan fingerprint density at radius 3 is 2.57 bits per heavy atom. The van der Waals surface area contributed by atoms with E-state index >= 15 is 0 Å². The number of amides is 1. The van der Waals surface area contributed by atoms with Crippen LogP contribution in [0.1, 0.15) is 37.8 Å². The minimum atomic E-state index is -0.834. The van der Waals surface area contributed by atoms with Crippen LogP contribution in [0.15, 0.2) is 24.4 Å². The van der Waals surface area contributed by atoms with Crippen molar-refractivity contribution in [2.45, 2.75) is 44.7 Å². The van der Waals surface area contributed by atoms with Crippen LogP contribution >= 0.6 is 0 Å². The highest BCUT2D eigenvalue weighted by molar-refractivity contribution is 5.85. The van der Waals surface area contributed by atoms with E-state index < -0.39 is 11.9 Å². The fourth-order valence-corrected chi connectivity index (χ4v) is 3.20. The van der Waals surface area contributed by atoms with Gasteiger partial charge in [0.05, 0.1) is 24.1 Å².